The Kier molecular flexibility index (Phi) is 7.50. The van der Waals surface area contributed by atoms with Gasteiger partial charge in [0.25, 0.3) is 5.91 Å². The fourth-order valence-electron chi connectivity index (χ4n) is 5.38. The van der Waals surface area contributed by atoms with E-state index in [-0.39, 0.29) is 17.2 Å². The van der Waals surface area contributed by atoms with Crippen molar-refractivity contribution in [3.05, 3.63) is 65.7 Å². The van der Waals surface area contributed by atoms with Gasteiger partial charge in [0.2, 0.25) is 12.1 Å². The first-order chi connectivity index (χ1) is 16.4. The molecule has 5 nitrogen and oxygen atoms in total. The molecule has 2 aliphatic rings. The Hall–Kier alpha value is -2.95. The molecule has 0 bridgehead atoms. The van der Waals surface area contributed by atoms with Gasteiger partial charge < -0.3 is 10.2 Å². The molecular formula is C29H37N3O2. The zero-order valence-electron chi connectivity index (χ0n) is 20.7. The molecule has 5 heteroatoms. The zero-order valence-corrected chi connectivity index (χ0v) is 20.7. The Morgan fingerprint density at radius 1 is 1.06 bits per heavy atom. The van der Waals surface area contributed by atoms with E-state index in [1.807, 2.05) is 54.6 Å². The van der Waals surface area contributed by atoms with Gasteiger partial charge in [0.15, 0.2) is 0 Å². The van der Waals surface area contributed by atoms with Crippen LogP contribution in [0.1, 0.15) is 76.3 Å². The first-order valence-corrected chi connectivity index (χ1v) is 12.7. The number of hydrogen-bond donors (Lipinski definition) is 1. The van der Waals surface area contributed by atoms with Crippen molar-refractivity contribution < 1.29 is 9.59 Å². The van der Waals surface area contributed by atoms with Gasteiger partial charge in [0.05, 0.1) is 11.4 Å². The van der Waals surface area contributed by atoms with Crippen molar-refractivity contribution in [3.8, 4) is 0 Å². The lowest BCUT2D eigenvalue weighted by atomic mass is 9.79. The summed E-state index contributed by atoms with van der Waals surface area (Å²) in [7, 11) is 1.76. The number of benzene rings is 2. The number of nitrogens with zero attached hydrogens (tertiary/aromatic N) is 2. The number of carbonyl (C=O) groups is 2. The highest BCUT2D eigenvalue weighted by molar-refractivity contribution is 6.20. The highest BCUT2D eigenvalue weighted by Gasteiger charge is 2.42. The molecule has 1 aliphatic heterocycles. The van der Waals surface area contributed by atoms with Gasteiger partial charge in [-0.2, -0.15) is 0 Å². The Morgan fingerprint density at radius 2 is 1.74 bits per heavy atom. The number of rotatable bonds is 8. The zero-order chi connectivity index (χ0) is 24.1. The topological polar surface area (TPSA) is 61.8 Å². The van der Waals surface area contributed by atoms with Crippen LogP contribution in [0.2, 0.25) is 0 Å². The number of benzodiazepines with no additional fused rings is 1. The van der Waals surface area contributed by atoms with E-state index in [9.17, 15) is 9.59 Å². The summed E-state index contributed by atoms with van der Waals surface area (Å²) in [6.45, 7) is 4.49. The number of nitrogens with one attached hydrogen (secondary N) is 1. The van der Waals surface area contributed by atoms with Crippen molar-refractivity contribution in [1.29, 1.82) is 0 Å². The molecule has 34 heavy (non-hydrogen) atoms. The maximum absolute atomic E-state index is 13.7. The lowest BCUT2D eigenvalue weighted by Crippen LogP contribution is -2.50. The molecular weight excluding hydrogens is 422 g/mol. The first kappa shape index (κ1) is 24.2. The SMILES string of the molecule is CC(C)CCCCC1(C(=O)N[C@H]2N=C(c3ccccc3)c3ccccc3N(C)C2=O)CCCC1. The van der Waals surface area contributed by atoms with Gasteiger partial charge in [-0.3, -0.25) is 9.59 Å². The molecule has 0 unspecified atom stereocenters. The number of hydrogen-bond acceptors (Lipinski definition) is 3. The summed E-state index contributed by atoms with van der Waals surface area (Å²) in [5, 5.41) is 3.09. The summed E-state index contributed by atoms with van der Waals surface area (Å²) in [6.07, 6.45) is 7.26. The van der Waals surface area contributed by atoms with E-state index in [0.717, 1.165) is 67.5 Å². The van der Waals surface area contributed by atoms with E-state index < -0.39 is 6.17 Å². The maximum atomic E-state index is 13.7. The van der Waals surface area contributed by atoms with Gasteiger partial charge in [0, 0.05) is 23.6 Å². The van der Waals surface area contributed by atoms with Crippen molar-refractivity contribution in [2.24, 2.45) is 16.3 Å². The number of unbranched alkanes of at least 4 members (excludes halogenated alkanes) is 1. The van der Waals surface area contributed by atoms with E-state index in [2.05, 4.69) is 19.2 Å². The number of likely N-dealkylation sites (N-methyl/N-ethyl adjacent to an activating group) is 1. The van der Waals surface area contributed by atoms with Gasteiger partial charge >= 0.3 is 0 Å². The Balaban J connectivity index is 1.62. The normalized spacial score (nSPS) is 19.5. The molecule has 1 saturated carbocycles. The maximum Gasteiger partial charge on any atom is 0.272 e. The van der Waals surface area contributed by atoms with Gasteiger partial charge in [-0.1, -0.05) is 94.5 Å². The average molecular weight is 460 g/mol. The summed E-state index contributed by atoms with van der Waals surface area (Å²) in [5.41, 5.74) is 2.98. The van der Waals surface area contributed by atoms with Crippen LogP contribution in [0.5, 0.6) is 0 Å². The van der Waals surface area contributed by atoms with Crippen molar-refractivity contribution >= 4 is 23.2 Å². The first-order valence-electron chi connectivity index (χ1n) is 12.7. The molecule has 0 radical (unpaired) electrons. The largest absolute Gasteiger partial charge is 0.326 e. The van der Waals surface area contributed by atoms with Crippen LogP contribution in [-0.2, 0) is 9.59 Å². The quantitative estimate of drug-likeness (QED) is 0.513. The Morgan fingerprint density at radius 3 is 2.44 bits per heavy atom. The van der Waals surface area contributed by atoms with Crippen LogP contribution in [0.25, 0.3) is 0 Å². The van der Waals surface area contributed by atoms with Crippen LogP contribution in [-0.4, -0.2) is 30.7 Å². The number of para-hydroxylation sites is 1. The molecule has 2 aromatic carbocycles. The molecule has 4 rings (SSSR count). The van der Waals surface area contributed by atoms with Gasteiger partial charge in [-0.05, 0) is 31.2 Å². The predicted molar refractivity (Wildman–Crippen MR) is 138 cm³/mol. The molecule has 1 heterocycles. The standard InChI is InChI=1S/C29H37N3O2/c1-21(2)13-9-10-18-29(19-11-12-20-29)28(34)31-26-27(33)32(3)24-17-8-7-16-23(24)25(30-26)22-14-5-4-6-15-22/h4-8,14-17,21,26H,9-13,18-20H2,1-3H3,(H,31,34)/t26-/m1/s1. The molecule has 1 fully saturated rings. The smallest absolute Gasteiger partial charge is 0.272 e. The lowest BCUT2D eigenvalue weighted by Gasteiger charge is -2.30. The summed E-state index contributed by atoms with van der Waals surface area (Å²) < 4.78 is 0. The molecule has 2 aromatic rings. The summed E-state index contributed by atoms with van der Waals surface area (Å²) >= 11 is 0. The van der Waals surface area contributed by atoms with Crippen molar-refractivity contribution in [2.45, 2.75) is 71.4 Å². The number of amides is 2. The third-order valence-electron chi connectivity index (χ3n) is 7.39. The second kappa shape index (κ2) is 10.5. The van der Waals surface area contributed by atoms with Crippen molar-refractivity contribution in [3.63, 3.8) is 0 Å². The third kappa shape index (κ3) is 5.08. The van der Waals surface area contributed by atoms with E-state index in [1.54, 1.807) is 11.9 Å². The van der Waals surface area contributed by atoms with Gasteiger partial charge in [-0.25, -0.2) is 4.99 Å². The van der Waals surface area contributed by atoms with Crippen LogP contribution < -0.4 is 10.2 Å². The van der Waals surface area contributed by atoms with Crippen LogP contribution >= 0.6 is 0 Å². The van der Waals surface area contributed by atoms with E-state index >= 15 is 0 Å². The van der Waals surface area contributed by atoms with Crippen LogP contribution in [0.3, 0.4) is 0 Å². The molecule has 1 aliphatic carbocycles. The summed E-state index contributed by atoms with van der Waals surface area (Å²) in [4.78, 5) is 33.7. The monoisotopic (exact) mass is 459 g/mol. The Labute approximate surface area is 203 Å². The number of fused-ring (bicyclic) bond motifs is 1. The van der Waals surface area contributed by atoms with Crippen LogP contribution in [0.4, 0.5) is 5.69 Å². The van der Waals surface area contributed by atoms with E-state index in [1.165, 1.54) is 6.42 Å². The van der Waals surface area contributed by atoms with Gasteiger partial charge in [-0.15, -0.1) is 0 Å². The molecule has 2 amide bonds. The van der Waals surface area contributed by atoms with Gasteiger partial charge in [0.1, 0.15) is 0 Å². The highest BCUT2D eigenvalue weighted by atomic mass is 16.2. The molecule has 0 aromatic heterocycles. The lowest BCUT2D eigenvalue weighted by molar-refractivity contribution is -0.134. The predicted octanol–water partition coefficient (Wildman–Crippen LogP) is 5.72. The number of carbonyl (C=O) groups excluding carboxylic acids is 2. The number of anilines is 1. The molecule has 1 N–H and O–H groups in total. The fraction of sp³-hybridized carbons (Fsp3) is 0.483. The third-order valence-corrected chi connectivity index (χ3v) is 7.39. The minimum absolute atomic E-state index is 0.0107. The van der Waals surface area contributed by atoms with Crippen molar-refractivity contribution in [2.75, 3.05) is 11.9 Å². The summed E-state index contributed by atoms with van der Waals surface area (Å²) in [6, 6.07) is 17.7. The van der Waals surface area contributed by atoms with Crippen LogP contribution in [0, 0.1) is 11.3 Å². The fourth-order valence-corrected chi connectivity index (χ4v) is 5.38. The van der Waals surface area contributed by atoms with Crippen LogP contribution in [0.15, 0.2) is 59.6 Å². The molecule has 180 valence electrons. The molecule has 1 atom stereocenters. The van der Waals surface area contributed by atoms with E-state index in [0.29, 0.717) is 5.92 Å². The minimum Gasteiger partial charge on any atom is -0.326 e. The summed E-state index contributed by atoms with van der Waals surface area (Å²) in [5.74, 6) is 0.461. The minimum atomic E-state index is -0.937. The molecule has 0 saturated heterocycles. The number of aliphatic imine (C=N–C) groups is 1. The second-order valence-electron chi connectivity index (χ2n) is 10.3. The second-order valence-corrected chi connectivity index (χ2v) is 10.3. The highest BCUT2D eigenvalue weighted by Crippen LogP contribution is 2.43. The van der Waals surface area contributed by atoms with E-state index in [4.69, 9.17) is 4.99 Å². The Bertz CT molecular complexity index is 1040. The average Bonchev–Trinajstić information content (AvgIpc) is 3.30. The van der Waals surface area contributed by atoms with Crippen molar-refractivity contribution in [1.82, 2.24) is 5.32 Å². The molecule has 0 spiro atoms.